The predicted molar refractivity (Wildman–Crippen MR) is 81.7 cm³/mol. The van der Waals surface area contributed by atoms with Crippen LogP contribution >= 0.6 is 0 Å². The van der Waals surface area contributed by atoms with Crippen molar-refractivity contribution in [1.29, 1.82) is 0 Å². The van der Waals surface area contributed by atoms with Crippen LogP contribution in [0, 0.1) is 23.2 Å². The molecule has 3 N–H and O–H groups in total. The Balaban J connectivity index is 1.58. The minimum atomic E-state index is -1.16. The zero-order chi connectivity index (χ0) is 16.6. The van der Waals surface area contributed by atoms with Crippen molar-refractivity contribution in [2.45, 2.75) is 63.8 Å². The van der Waals surface area contributed by atoms with E-state index < -0.39 is 18.0 Å². The Hall–Kier alpha value is -1.59. The number of aliphatic carboxylic acids is 2. The number of nitrogens with one attached hydrogen (secondary N) is 1. The third-order valence-electron chi connectivity index (χ3n) is 5.98. The van der Waals surface area contributed by atoms with Gasteiger partial charge in [-0.3, -0.25) is 9.59 Å². The summed E-state index contributed by atoms with van der Waals surface area (Å²) in [7, 11) is 0. The zero-order valence-electron chi connectivity index (χ0n) is 13.3. The molecule has 4 bridgehead atoms. The van der Waals surface area contributed by atoms with E-state index in [4.69, 9.17) is 10.2 Å². The number of hydrogen-bond donors (Lipinski definition) is 3. The van der Waals surface area contributed by atoms with Gasteiger partial charge in [-0.05, 0) is 68.1 Å². The van der Waals surface area contributed by atoms with E-state index in [1.807, 2.05) is 0 Å². The second-order valence-electron chi connectivity index (χ2n) is 7.99. The van der Waals surface area contributed by atoms with Crippen molar-refractivity contribution in [2.75, 3.05) is 0 Å². The maximum absolute atomic E-state index is 12.4. The van der Waals surface area contributed by atoms with Crippen molar-refractivity contribution >= 4 is 17.8 Å². The zero-order valence-corrected chi connectivity index (χ0v) is 13.3. The number of amides is 1. The van der Waals surface area contributed by atoms with Crippen molar-refractivity contribution in [3.63, 3.8) is 0 Å². The summed E-state index contributed by atoms with van der Waals surface area (Å²) in [5.74, 6) is -0.203. The van der Waals surface area contributed by atoms with Crippen LogP contribution in [0.2, 0.25) is 0 Å². The molecule has 6 nitrogen and oxygen atoms in total. The molecule has 0 spiro atoms. The molecule has 0 aromatic rings. The smallest absolute Gasteiger partial charge is 0.326 e. The number of hydrogen-bond acceptors (Lipinski definition) is 3. The fourth-order valence-corrected chi connectivity index (χ4v) is 5.62. The summed E-state index contributed by atoms with van der Waals surface area (Å²) < 4.78 is 0. The van der Waals surface area contributed by atoms with Gasteiger partial charge in [0.05, 0.1) is 0 Å². The topological polar surface area (TPSA) is 104 Å². The van der Waals surface area contributed by atoms with Gasteiger partial charge in [-0.1, -0.05) is 0 Å². The van der Waals surface area contributed by atoms with Gasteiger partial charge in [0, 0.05) is 12.8 Å². The summed E-state index contributed by atoms with van der Waals surface area (Å²) >= 11 is 0. The second kappa shape index (κ2) is 6.13. The summed E-state index contributed by atoms with van der Waals surface area (Å²) in [5, 5.41) is 20.4. The van der Waals surface area contributed by atoms with E-state index in [9.17, 15) is 14.4 Å². The molecule has 1 amide bonds. The second-order valence-corrected chi connectivity index (χ2v) is 7.99. The van der Waals surface area contributed by atoms with Gasteiger partial charge in [0.15, 0.2) is 0 Å². The van der Waals surface area contributed by atoms with Crippen molar-refractivity contribution < 1.29 is 24.6 Å². The van der Waals surface area contributed by atoms with Gasteiger partial charge in [-0.25, -0.2) is 4.79 Å². The minimum Gasteiger partial charge on any atom is -0.481 e. The fourth-order valence-electron chi connectivity index (χ4n) is 5.62. The maximum atomic E-state index is 12.4. The van der Waals surface area contributed by atoms with Gasteiger partial charge in [0.2, 0.25) is 5.91 Å². The van der Waals surface area contributed by atoms with E-state index in [2.05, 4.69) is 5.32 Å². The van der Waals surface area contributed by atoms with E-state index in [-0.39, 0.29) is 24.2 Å². The van der Waals surface area contributed by atoms with Crippen LogP contribution in [-0.2, 0) is 14.4 Å². The fraction of sp³-hybridized carbons (Fsp3) is 0.824. The molecule has 0 heterocycles. The van der Waals surface area contributed by atoms with Crippen LogP contribution in [0.1, 0.15) is 57.8 Å². The highest BCUT2D eigenvalue weighted by Gasteiger charge is 2.51. The summed E-state index contributed by atoms with van der Waals surface area (Å²) in [6, 6.07) is -1.10. The first-order chi connectivity index (χ1) is 10.8. The molecule has 0 aliphatic heterocycles. The van der Waals surface area contributed by atoms with Crippen LogP contribution in [0.5, 0.6) is 0 Å². The first-order valence-electron chi connectivity index (χ1n) is 8.59. The standard InChI is InChI=1S/C17H25NO5/c19-14(18-13(16(22)23)1-2-15(20)21)9-17-6-10-3-11(7-17)5-12(4-10)8-17/h10-13H,1-9H2,(H,18,19)(H,20,21)(H,22,23)/t10?,11?,12?,13-,17?/m0/s1. The highest BCUT2D eigenvalue weighted by molar-refractivity contribution is 5.84. The minimum absolute atomic E-state index is 0.0642. The Bertz CT molecular complexity index is 480. The third-order valence-corrected chi connectivity index (χ3v) is 5.98. The monoisotopic (exact) mass is 323 g/mol. The van der Waals surface area contributed by atoms with Crippen LogP contribution in [0.25, 0.3) is 0 Å². The van der Waals surface area contributed by atoms with Crippen LogP contribution in [-0.4, -0.2) is 34.1 Å². The molecule has 6 heteroatoms. The summed E-state index contributed by atoms with van der Waals surface area (Å²) in [5.41, 5.74) is 0.0642. The lowest BCUT2D eigenvalue weighted by Gasteiger charge is -2.56. The van der Waals surface area contributed by atoms with Gasteiger partial charge in [-0.15, -0.1) is 0 Å². The number of carboxylic acids is 2. The first-order valence-corrected chi connectivity index (χ1v) is 8.59. The van der Waals surface area contributed by atoms with E-state index in [1.165, 1.54) is 19.3 Å². The predicted octanol–water partition coefficient (Wildman–Crippen LogP) is 2.03. The quantitative estimate of drug-likeness (QED) is 0.665. The Kier molecular flexibility index (Phi) is 4.34. The molecule has 0 aromatic carbocycles. The summed E-state index contributed by atoms with van der Waals surface area (Å²) in [6.07, 6.45) is 7.27. The van der Waals surface area contributed by atoms with E-state index in [0.717, 1.165) is 37.0 Å². The molecule has 4 aliphatic carbocycles. The Morgan fingerprint density at radius 1 is 1.00 bits per heavy atom. The molecule has 0 aromatic heterocycles. The lowest BCUT2D eigenvalue weighted by molar-refractivity contribution is -0.144. The van der Waals surface area contributed by atoms with Crippen LogP contribution in [0.15, 0.2) is 0 Å². The van der Waals surface area contributed by atoms with Gasteiger partial charge >= 0.3 is 11.9 Å². The van der Waals surface area contributed by atoms with Crippen molar-refractivity contribution in [3.05, 3.63) is 0 Å². The van der Waals surface area contributed by atoms with Crippen LogP contribution < -0.4 is 5.32 Å². The Labute approximate surface area is 135 Å². The lowest BCUT2D eigenvalue weighted by atomic mass is 9.49. The maximum Gasteiger partial charge on any atom is 0.326 e. The normalized spacial score (nSPS) is 35.7. The van der Waals surface area contributed by atoms with Crippen molar-refractivity contribution in [2.24, 2.45) is 23.2 Å². The molecule has 0 unspecified atom stereocenters. The van der Waals surface area contributed by atoms with Gasteiger partial charge in [0.25, 0.3) is 0 Å². The molecule has 1 atom stereocenters. The number of rotatable bonds is 7. The van der Waals surface area contributed by atoms with E-state index >= 15 is 0 Å². The molecule has 0 saturated heterocycles. The lowest BCUT2D eigenvalue weighted by Crippen LogP contribution is -2.49. The number of carboxylic acid groups (broad SMARTS) is 2. The average molecular weight is 323 g/mol. The molecule has 128 valence electrons. The van der Waals surface area contributed by atoms with Crippen LogP contribution in [0.4, 0.5) is 0 Å². The summed E-state index contributed by atoms with van der Waals surface area (Å²) in [4.78, 5) is 34.2. The van der Waals surface area contributed by atoms with Gasteiger partial charge in [-0.2, -0.15) is 0 Å². The van der Waals surface area contributed by atoms with Crippen LogP contribution in [0.3, 0.4) is 0 Å². The first kappa shape index (κ1) is 16.3. The summed E-state index contributed by atoms with van der Waals surface area (Å²) in [6.45, 7) is 0. The SMILES string of the molecule is O=C(O)CC[C@H](NC(=O)CC12CC3CC(CC(C3)C1)C2)C(=O)O. The van der Waals surface area contributed by atoms with E-state index in [1.54, 1.807) is 0 Å². The molecule has 4 rings (SSSR count). The molecule has 4 aliphatic rings. The molecular formula is C17H25NO5. The Morgan fingerprint density at radius 3 is 1.96 bits per heavy atom. The molecule has 0 radical (unpaired) electrons. The van der Waals surface area contributed by atoms with Gasteiger partial charge < -0.3 is 15.5 Å². The van der Waals surface area contributed by atoms with Crippen molar-refractivity contribution in [1.82, 2.24) is 5.32 Å². The third kappa shape index (κ3) is 3.67. The highest BCUT2D eigenvalue weighted by Crippen LogP contribution is 2.61. The van der Waals surface area contributed by atoms with E-state index in [0.29, 0.717) is 6.42 Å². The molecule has 4 saturated carbocycles. The van der Waals surface area contributed by atoms with Crippen molar-refractivity contribution in [3.8, 4) is 0 Å². The largest absolute Gasteiger partial charge is 0.481 e. The number of carbonyl (C=O) groups excluding carboxylic acids is 1. The molecular weight excluding hydrogens is 298 g/mol. The Morgan fingerprint density at radius 2 is 1.52 bits per heavy atom. The molecule has 23 heavy (non-hydrogen) atoms. The van der Waals surface area contributed by atoms with Gasteiger partial charge in [0.1, 0.15) is 6.04 Å². The average Bonchev–Trinajstić information content (AvgIpc) is 2.40. The highest BCUT2D eigenvalue weighted by atomic mass is 16.4. The number of carbonyl (C=O) groups is 3. The molecule has 4 fully saturated rings.